The van der Waals surface area contributed by atoms with Gasteiger partial charge in [0.1, 0.15) is 6.10 Å². The number of nitrogens with zero attached hydrogens (tertiary/aromatic N) is 2. The molecule has 12 heavy (non-hydrogen) atoms. The number of rotatable bonds is 1. The van der Waals surface area contributed by atoms with Gasteiger partial charge in [0.25, 0.3) is 0 Å². The summed E-state index contributed by atoms with van der Waals surface area (Å²) in [5, 5.41) is 6.52. The zero-order valence-corrected chi connectivity index (χ0v) is 6.79. The van der Waals surface area contributed by atoms with Crippen molar-refractivity contribution >= 4 is 5.95 Å². The van der Waals surface area contributed by atoms with Crippen molar-refractivity contribution in [1.82, 2.24) is 15.2 Å². The van der Waals surface area contributed by atoms with Gasteiger partial charge in [0.2, 0.25) is 5.95 Å². The fourth-order valence-electron chi connectivity index (χ4n) is 1.39. The first-order chi connectivity index (χ1) is 5.86. The van der Waals surface area contributed by atoms with Gasteiger partial charge < -0.3 is 10.5 Å². The minimum absolute atomic E-state index is 0.0727. The van der Waals surface area contributed by atoms with Gasteiger partial charge in [0.05, 0.1) is 0 Å². The molecule has 1 aliphatic rings. The summed E-state index contributed by atoms with van der Waals surface area (Å²) in [7, 11) is 0. The molecule has 0 saturated carbocycles. The monoisotopic (exact) mass is 168 g/mol. The van der Waals surface area contributed by atoms with Crippen LogP contribution in [-0.2, 0) is 4.74 Å². The Morgan fingerprint density at radius 1 is 1.50 bits per heavy atom. The Labute approximate surface area is 70.3 Å². The van der Waals surface area contributed by atoms with E-state index in [1.54, 1.807) is 0 Å². The van der Waals surface area contributed by atoms with Gasteiger partial charge in [-0.15, -0.1) is 5.10 Å². The maximum absolute atomic E-state index is 5.49. The molecule has 0 bridgehead atoms. The Hall–Kier alpha value is -1.10. The van der Waals surface area contributed by atoms with Gasteiger partial charge in [-0.3, -0.25) is 5.10 Å². The van der Waals surface area contributed by atoms with E-state index < -0.39 is 0 Å². The summed E-state index contributed by atoms with van der Waals surface area (Å²) in [6.07, 6.45) is 3.41. The fourth-order valence-corrected chi connectivity index (χ4v) is 1.39. The van der Waals surface area contributed by atoms with Crippen LogP contribution in [0.1, 0.15) is 31.2 Å². The predicted molar refractivity (Wildman–Crippen MR) is 43.3 cm³/mol. The standard InChI is InChI=1S/C7H12N4O/c8-7-9-6(10-11-7)5-3-1-2-4-12-5/h5H,1-4H2,(H3,8,9,10,11). The number of nitrogens with one attached hydrogen (secondary N) is 1. The average molecular weight is 168 g/mol. The molecule has 66 valence electrons. The van der Waals surface area contributed by atoms with E-state index in [9.17, 15) is 0 Å². The van der Waals surface area contributed by atoms with Crippen molar-refractivity contribution in [3.05, 3.63) is 5.82 Å². The zero-order chi connectivity index (χ0) is 8.39. The van der Waals surface area contributed by atoms with E-state index in [-0.39, 0.29) is 6.10 Å². The zero-order valence-electron chi connectivity index (χ0n) is 6.79. The lowest BCUT2D eigenvalue weighted by Gasteiger charge is -2.19. The molecule has 0 amide bonds. The molecule has 1 atom stereocenters. The molecule has 3 N–H and O–H groups in total. The molecule has 1 saturated heterocycles. The lowest BCUT2D eigenvalue weighted by atomic mass is 10.1. The predicted octanol–water partition coefficient (Wildman–Crippen LogP) is 0.628. The third-order valence-corrected chi connectivity index (χ3v) is 2.00. The normalized spacial score (nSPS) is 24.2. The number of anilines is 1. The Bertz CT molecular complexity index is 254. The van der Waals surface area contributed by atoms with Crippen LogP contribution in [0.15, 0.2) is 0 Å². The largest absolute Gasteiger partial charge is 0.370 e. The van der Waals surface area contributed by atoms with Crippen molar-refractivity contribution in [2.24, 2.45) is 0 Å². The Morgan fingerprint density at radius 3 is 3.00 bits per heavy atom. The molecule has 0 aliphatic carbocycles. The van der Waals surface area contributed by atoms with Gasteiger partial charge in [-0.1, -0.05) is 0 Å². The lowest BCUT2D eigenvalue weighted by molar-refractivity contribution is 0.00970. The number of hydrogen-bond acceptors (Lipinski definition) is 4. The van der Waals surface area contributed by atoms with E-state index in [4.69, 9.17) is 10.5 Å². The van der Waals surface area contributed by atoms with Gasteiger partial charge in [-0.2, -0.15) is 4.98 Å². The molecule has 0 spiro atoms. The maximum atomic E-state index is 5.49. The number of ether oxygens (including phenoxy) is 1. The summed E-state index contributed by atoms with van der Waals surface area (Å²) in [6.45, 7) is 0.811. The molecule has 1 unspecified atom stereocenters. The van der Waals surface area contributed by atoms with E-state index in [0.29, 0.717) is 5.95 Å². The number of aromatic amines is 1. The highest BCUT2D eigenvalue weighted by molar-refractivity contribution is 5.13. The fraction of sp³-hybridized carbons (Fsp3) is 0.714. The van der Waals surface area contributed by atoms with Gasteiger partial charge in [0.15, 0.2) is 5.82 Å². The number of H-pyrrole nitrogens is 1. The quantitative estimate of drug-likeness (QED) is 0.644. The Kier molecular flexibility index (Phi) is 1.95. The van der Waals surface area contributed by atoms with Crippen LogP contribution in [0.3, 0.4) is 0 Å². The molecule has 1 aromatic heterocycles. The molecular formula is C7H12N4O. The smallest absolute Gasteiger partial charge is 0.239 e. The van der Waals surface area contributed by atoms with E-state index in [2.05, 4.69) is 15.2 Å². The molecular weight excluding hydrogens is 156 g/mol. The first-order valence-corrected chi connectivity index (χ1v) is 4.15. The van der Waals surface area contributed by atoms with Crippen LogP contribution in [0, 0.1) is 0 Å². The van der Waals surface area contributed by atoms with Crippen LogP contribution in [0.25, 0.3) is 0 Å². The first-order valence-electron chi connectivity index (χ1n) is 4.15. The van der Waals surface area contributed by atoms with Crippen LogP contribution < -0.4 is 5.73 Å². The van der Waals surface area contributed by atoms with E-state index in [0.717, 1.165) is 25.3 Å². The van der Waals surface area contributed by atoms with Crippen molar-refractivity contribution in [1.29, 1.82) is 0 Å². The molecule has 5 heteroatoms. The second kappa shape index (κ2) is 3.10. The average Bonchev–Trinajstić information content (AvgIpc) is 2.54. The molecule has 1 fully saturated rings. The number of nitrogens with two attached hydrogens (primary N) is 1. The third kappa shape index (κ3) is 1.40. The minimum atomic E-state index is 0.0727. The molecule has 2 rings (SSSR count). The highest BCUT2D eigenvalue weighted by Crippen LogP contribution is 2.24. The summed E-state index contributed by atoms with van der Waals surface area (Å²) in [6, 6.07) is 0. The van der Waals surface area contributed by atoms with Crippen molar-refractivity contribution in [2.45, 2.75) is 25.4 Å². The van der Waals surface area contributed by atoms with Crippen molar-refractivity contribution in [3.63, 3.8) is 0 Å². The molecule has 1 aliphatic heterocycles. The molecule has 0 radical (unpaired) electrons. The second-order valence-electron chi connectivity index (χ2n) is 2.93. The van der Waals surface area contributed by atoms with Crippen LogP contribution in [0.2, 0.25) is 0 Å². The molecule has 1 aromatic rings. The van der Waals surface area contributed by atoms with Crippen LogP contribution in [0.5, 0.6) is 0 Å². The minimum Gasteiger partial charge on any atom is -0.370 e. The second-order valence-corrected chi connectivity index (χ2v) is 2.93. The van der Waals surface area contributed by atoms with Crippen LogP contribution >= 0.6 is 0 Å². The molecule has 0 aromatic carbocycles. The summed E-state index contributed by atoms with van der Waals surface area (Å²) in [4.78, 5) is 4.02. The van der Waals surface area contributed by atoms with Gasteiger partial charge in [-0.25, -0.2) is 0 Å². The van der Waals surface area contributed by atoms with Crippen molar-refractivity contribution in [3.8, 4) is 0 Å². The molecule has 5 nitrogen and oxygen atoms in total. The number of hydrogen-bond donors (Lipinski definition) is 2. The summed E-state index contributed by atoms with van der Waals surface area (Å²) in [5.74, 6) is 1.05. The van der Waals surface area contributed by atoms with Crippen molar-refractivity contribution < 1.29 is 4.74 Å². The van der Waals surface area contributed by atoms with Crippen molar-refractivity contribution in [2.75, 3.05) is 12.3 Å². The first kappa shape index (κ1) is 7.54. The third-order valence-electron chi connectivity index (χ3n) is 2.00. The maximum Gasteiger partial charge on any atom is 0.239 e. The van der Waals surface area contributed by atoms with Gasteiger partial charge in [0, 0.05) is 6.61 Å². The summed E-state index contributed by atoms with van der Waals surface area (Å²) in [5.41, 5.74) is 5.38. The SMILES string of the molecule is Nc1n[nH]c(C2CCCCO2)n1. The summed E-state index contributed by atoms with van der Waals surface area (Å²) >= 11 is 0. The highest BCUT2D eigenvalue weighted by Gasteiger charge is 2.18. The van der Waals surface area contributed by atoms with Gasteiger partial charge >= 0.3 is 0 Å². The lowest BCUT2D eigenvalue weighted by Crippen LogP contribution is -2.12. The van der Waals surface area contributed by atoms with Gasteiger partial charge in [-0.05, 0) is 19.3 Å². The summed E-state index contributed by atoms with van der Waals surface area (Å²) < 4.78 is 5.49. The number of aromatic nitrogens is 3. The van der Waals surface area contributed by atoms with E-state index >= 15 is 0 Å². The Balaban J connectivity index is 2.08. The molecule has 2 heterocycles. The number of nitrogen functional groups attached to an aromatic ring is 1. The van der Waals surface area contributed by atoms with Crippen LogP contribution in [0.4, 0.5) is 5.95 Å². The van der Waals surface area contributed by atoms with Crippen LogP contribution in [-0.4, -0.2) is 21.8 Å². The van der Waals surface area contributed by atoms with E-state index in [1.807, 2.05) is 0 Å². The highest BCUT2D eigenvalue weighted by atomic mass is 16.5. The van der Waals surface area contributed by atoms with E-state index in [1.165, 1.54) is 6.42 Å². The topological polar surface area (TPSA) is 76.8 Å². The Morgan fingerprint density at radius 2 is 2.42 bits per heavy atom.